The Hall–Kier alpha value is -1.14. The van der Waals surface area contributed by atoms with Crippen molar-refractivity contribution in [3.05, 3.63) is 62.8 Å². The number of hydrogen-bond donors (Lipinski definition) is 2. The molecule has 0 aliphatic carbocycles. The average Bonchev–Trinajstić information content (AvgIpc) is 2.45. The first-order chi connectivity index (χ1) is 9.58. The first-order valence-electron chi connectivity index (χ1n) is 5.82. The van der Waals surface area contributed by atoms with Crippen LogP contribution >= 0.6 is 27.5 Å². The summed E-state index contributed by atoms with van der Waals surface area (Å²) in [5, 5.41) is 0.488. The molecule has 0 heterocycles. The van der Waals surface area contributed by atoms with Gasteiger partial charge in [-0.1, -0.05) is 29.8 Å². The van der Waals surface area contributed by atoms with Gasteiger partial charge < -0.3 is 4.74 Å². The zero-order valence-electron chi connectivity index (χ0n) is 10.7. The maximum absolute atomic E-state index is 14.2. The van der Waals surface area contributed by atoms with Crippen LogP contribution in [0.5, 0.6) is 5.75 Å². The van der Waals surface area contributed by atoms with Crippen LogP contribution in [0.15, 0.2) is 40.9 Å². The lowest BCUT2D eigenvalue weighted by molar-refractivity contribution is 0.413. The second-order valence-corrected chi connectivity index (χ2v) is 5.40. The quantitative estimate of drug-likeness (QED) is 0.645. The van der Waals surface area contributed by atoms with Crippen molar-refractivity contribution in [3.8, 4) is 5.75 Å². The van der Waals surface area contributed by atoms with E-state index >= 15 is 0 Å². The van der Waals surface area contributed by atoms with E-state index in [1.807, 2.05) is 0 Å². The minimum absolute atomic E-state index is 0.357. The van der Waals surface area contributed by atoms with Crippen molar-refractivity contribution in [2.24, 2.45) is 5.84 Å². The van der Waals surface area contributed by atoms with Gasteiger partial charge in [-0.2, -0.15) is 0 Å². The Morgan fingerprint density at radius 1 is 1.35 bits per heavy atom. The number of rotatable bonds is 4. The Morgan fingerprint density at radius 3 is 2.75 bits per heavy atom. The number of ether oxygens (including phenoxy) is 1. The molecule has 3 nitrogen and oxygen atoms in total. The zero-order chi connectivity index (χ0) is 14.7. The van der Waals surface area contributed by atoms with Crippen LogP contribution in [0.1, 0.15) is 17.2 Å². The second kappa shape index (κ2) is 6.54. The molecule has 106 valence electrons. The molecule has 0 bridgehead atoms. The lowest BCUT2D eigenvalue weighted by Crippen LogP contribution is -2.29. The van der Waals surface area contributed by atoms with Gasteiger partial charge in [-0.05, 0) is 39.7 Å². The lowest BCUT2D eigenvalue weighted by Gasteiger charge is -2.19. The van der Waals surface area contributed by atoms with Crippen LogP contribution in [0.3, 0.4) is 0 Å². The maximum atomic E-state index is 14.2. The van der Waals surface area contributed by atoms with E-state index in [0.29, 0.717) is 20.8 Å². The van der Waals surface area contributed by atoms with Gasteiger partial charge in [0.25, 0.3) is 0 Å². The Bertz CT molecular complexity index is 624. The van der Waals surface area contributed by atoms with E-state index in [9.17, 15) is 4.39 Å². The van der Waals surface area contributed by atoms with Crippen molar-refractivity contribution < 1.29 is 9.13 Å². The molecule has 0 aromatic heterocycles. The van der Waals surface area contributed by atoms with Gasteiger partial charge in [0.1, 0.15) is 11.6 Å². The monoisotopic (exact) mass is 358 g/mol. The van der Waals surface area contributed by atoms with Gasteiger partial charge in [-0.3, -0.25) is 5.84 Å². The number of benzene rings is 2. The lowest BCUT2D eigenvalue weighted by atomic mass is 9.98. The third kappa shape index (κ3) is 2.96. The fraction of sp³-hybridized carbons (Fsp3) is 0.143. The van der Waals surface area contributed by atoms with Crippen LogP contribution in [0, 0.1) is 5.82 Å². The summed E-state index contributed by atoms with van der Waals surface area (Å²) in [6, 6.07) is 9.75. The number of nitrogens with one attached hydrogen (secondary N) is 1. The van der Waals surface area contributed by atoms with Gasteiger partial charge in [-0.25, -0.2) is 9.82 Å². The highest BCUT2D eigenvalue weighted by Gasteiger charge is 2.19. The minimum Gasteiger partial charge on any atom is -0.495 e. The molecule has 0 saturated heterocycles. The second-order valence-electron chi connectivity index (χ2n) is 4.14. The molecule has 1 atom stereocenters. The molecule has 0 fully saturated rings. The smallest absolute Gasteiger partial charge is 0.142 e. The van der Waals surface area contributed by atoms with Crippen LogP contribution < -0.4 is 16.0 Å². The molecule has 2 aromatic rings. The molecule has 0 spiro atoms. The van der Waals surface area contributed by atoms with Gasteiger partial charge in [-0.15, -0.1) is 0 Å². The van der Waals surface area contributed by atoms with Crippen LogP contribution in [0.4, 0.5) is 4.39 Å². The molecule has 1 unspecified atom stereocenters. The predicted octanol–water partition coefficient (Wildman–Crippen LogP) is 3.80. The van der Waals surface area contributed by atoms with Crippen molar-refractivity contribution in [1.29, 1.82) is 0 Å². The highest BCUT2D eigenvalue weighted by molar-refractivity contribution is 9.10. The third-order valence-corrected chi connectivity index (χ3v) is 3.89. The van der Waals surface area contributed by atoms with Gasteiger partial charge >= 0.3 is 0 Å². The van der Waals surface area contributed by atoms with Gasteiger partial charge in [0.2, 0.25) is 0 Å². The molecule has 0 aliphatic heterocycles. The summed E-state index contributed by atoms with van der Waals surface area (Å²) < 4.78 is 19.7. The van der Waals surface area contributed by atoms with E-state index < -0.39 is 6.04 Å². The number of hydrazine groups is 1. The number of hydrogen-bond acceptors (Lipinski definition) is 3. The average molecular weight is 360 g/mol. The molecular weight excluding hydrogens is 347 g/mol. The standard InChI is InChI=1S/C14H13BrClFN2O/c1-20-12-7-8(5-6-11(12)16)14(19-18)9-3-2-4-10(15)13(9)17/h2-7,14,19H,18H2,1H3. The van der Waals surface area contributed by atoms with E-state index in [1.165, 1.54) is 7.11 Å². The van der Waals surface area contributed by atoms with Crippen molar-refractivity contribution in [1.82, 2.24) is 5.43 Å². The first-order valence-corrected chi connectivity index (χ1v) is 6.99. The van der Waals surface area contributed by atoms with Gasteiger partial charge in [0, 0.05) is 5.56 Å². The molecular formula is C14H13BrClFN2O. The third-order valence-electron chi connectivity index (χ3n) is 2.97. The molecule has 2 aromatic carbocycles. The Morgan fingerprint density at radius 2 is 2.10 bits per heavy atom. The predicted molar refractivity (Wildman–Crippen MR) is 81.3 cm³/mol. The summed E-state index contributed by atoms with van der Waals surface area (Å²) in [7, 11) is 1.52. The molecule has 2 rings (SSSR count). The van der Waals surface area contributed by atoms with E-state index in [1.54, 1.807) is 36.4 Å². The van der Waals surface area contributed by atoms with Gasteiger partial charge in [0.15, 0.2) is 0 Å². The highest BCUT2D eigenvalue weighted by atomic mass is 79.9. The van der Waals surface area contributed by atoms with E-state index in [-0.39, 0.29) is 5.82 Å². The van der Waals surface area contributed by atoms with Crippen molar-refractivity contribution in [2.75, 3.05) is 7.11 Å². The topological polar surface area (TPSA) is 47.3 Å². The van der Waals surface area contributed by atoms with Crippen LogP contribution in [-0.4, -0.2) is 7.11 Å². The number of nitrogens with two attached hydrogens (primary N) is 1. The summed E-state index contributed by atoms with van der Waals surface area (Å²) in [6.45, 7) is 0. The molecule has 0 radical (unpaired) electrons. The summed E-state index contributed by atoms with van der Waals surface area (Å²) in [5.41, 5.74) is 3.81. The molecule has 6 heteroatoms. The van der Waals surface area contributed by atoms with Crippen LogP contribution in [-0.2, 0) is 0 Å². The Balaban J connectivity index is 2.49. The molecule has 0 amide bonds. The van der Waals surface area contributed by atoms with E-state index in [0.717, 1.165) is 5.56 Å². The number of halogens is 3. The number of methoxy groups -OCH3 is 1. The summed E-state index contributed by atoms with van der Waals surface area (Å²) in [4.78, 5) is 0. The summed E-state index contributed by atoms with van der Waals surface area (Å²) >= 11 is 9.15. The normalized spacial score (nSPS) is 12.2. The van der Waals surface area contributed by atoms with Crippen LogP contribution in [0.2, 0.25) is 5.02 Å². The highest BCUT2D eigenvalue weighted by Crippen LogP contribution is 2.32. The summed E-state index contributed by atoms with van der Waals surface area (Å²) in [6.07, 6.45) is 0. The van der Waals surface area contributed by atoms with Crippen molar-refractivity contribution >= 4 is 27.5 Å². The largest absolute Gasteiger partial charge is 0.495 e. The molecule has 0 aliphatic rings. The van der Waals surface area contributed by atoms with Crippen molar-refractivity contribution in [2.45, 2.75) is 6.04 Å². The maximum Gasteiger partial charge on any atom is 0.142 e. The Labute approximate surface area is 130 Å². The van der Waals surface area contributed by atoms with Gasteiger partial charge in [0.05, 0.1) is 22.6 Å². The van der Waals surface area contributed by atoms with Crippen LogP contribution in [0.25, 0.3) is 0 Å². The molecule has 20 heavy (non-hydrogen) atoms. The first kappa shape index (κ1) is 15.3. The van der Waals surface area contributed by atoms with Crippen molar-refractivity contribution in [3.63, 3.8) is 0 Å². The zero-order valence-corrected chi connectivity index (χ0v) is 13.0. The Kier molecular flexibility index (Phi) is 4.99. The fourth-order valence-corrected chi connectivity index (χ4v) is 2.54. The fourth-order valence-electron chi connectivity index (χ4n) is 1.96. The van der Waals surface area contributed by atoms with E-state index in [2.05, 4.69) is 21.4 Å². The molecule has 0 saturated carbocycles. The minimum atomic E-state index is -0.501. The summed E-state index contributed by atoms with van der Waals surface area (Å²) in [5.74, 6) is 5.74. The SMILES string of the molecule is COc1cc(C(NN)c2cccc(Br)c2F)ccc1Cl. The van der Waals surface area contributed by atoms with E-state index in [4.69, 9.17) is 22.2 Å². The molecule has 3 N–H and O–H groups in total.